The number of nitrogens with one attached hydrogen (secondary N) is 3. The molecule has 0 aliphatic carbocycles. The summed E-state index contributed by atoms with van der Waals surface area (Å²) in [6.45, 7) is 0.485. The lowest BCUT2D eigenvalue weighted by Crippen LogP contribution is -2.56. The van der Waals surface area contributed by atoms with Crippen molar-refractivity contribution in [2.24, 2.45) is 44.4 Å². The van der Waals surface area contributed by atoms with Gasteiger partial charge in [-0.05, 0) is 38.5 Å². The molecule has 4 atom stereocenters. The van der Waals surface area contributed by atoms with Gasteiger partial charge in [0.1, 0.15) is 30.6 Å². The van der Waals surface area contributed by atoms with Gasteiger partial charge in [-0.1, -0.05) is 0 Å². The van der Waals surface area contributed by atoms with Gasteiger partial charge < -0.3 is 60.4 Å². The fraction of sp³-hybridized carbons (Fsp3) is 0.625. The number of hydrogen-bond donors (Lipinski definition) is 10. The van der Waals surface area contributed by atoms with Crippen LogP contribution in [0.15, 0.2) is 9.98 Å². The van der Waals surface area contributed by atoms with Crippen LogP contribution in [0.25, 0.3) is 0 Å². The van der Waals surface area contributed by atoms with Gasteiger partial charge in [-0.15, -0.1) is 0 Å². The number of carbonyl (C=O) groups is 7. The van der Waals surface area contributed by atoms with E-state index < -0.39 is 78.4 Å². The molecule has 1 aliphatic rings. The molecule has 1 heterocycles. The molecule has 0 aromatic rings. The molecule has 4 unspecified atom stereocenters. The molecule has 1 aliphatic heterocycles. The van der Waals surface area contributed by atoms with Crippen molar-refractivity contribution in [3.05, 3.63) is 0 Å². The number of primary amides is 2. The maximum atomic E-state index is 13.6. The van der Waals surface area contributed by atoms with Crippen LogP contribution in [0.5, 0.6) is 0 Å². The molecule has 0 saturated carbocycles. The third kappa shape index (κ3) is 13.7. The first-order valence-corrected chi connectivity index (χ1v) is 13.7. The molecule has 1 rings (SSSR count). The Labute approximate surface area is 252 Å². The minimum atomic E-state index is -1.55. The summed E-state index contributed by atoms with van der Waals surface area (Å²) >= 11 is 0. The number of aliphatic carboxylic acids is 1. The van der Waals surface area contributed by atoms with Crippen molar-refractivity contribution in [1.29, 1.82) is 0 Å². The Bertz CT molecular complexity index is 1140. The van der Waals surface area contributed by atoms with Crippen molar-refractivity contribution < 1.29 is 38.7 Å². The molecule has 16 N–H and O–H groups in total. The van der Waals surface area contributed by atoms with E-state index >= 15 is 0 Å². The number of carboxylic acid groups (broad SMARTS) is 1. The fourth-order valence-corrected chi connectivity index (χ4v) is 4.36. The monoisotopic (exact) mass is 626 g/mol. The third-order valence-electron chi connectivity index (χ3n) is 6.40. The predicted octanol–water partition coefficient (Wildman–Crippen LogP) is -5.63. The molecule has 20 heteroatoms. The number of carbonyl (C=O) groups excluding carboxylic acids is 6. The van der Waals surface area contributed by atoms with E-state index in [0.29, 0.717) is 12.8 Å². The highest BCUT2D eigenvalue weighted by Gasteiger charge is 2.38. The number of nitrogens with zero attached hydrogens (tertiary/aromatic N) is 3. The maximum absolute atomic E-state index is 13.6. The van der Waals surface area contributed by atoms with Gasteiger partial charge in [0.2, 0.25) is 35.4 Å². The molecule has 0 aromatic carbocycles. The Hall–Kier alpha value is -5.17. The van der Waals surface area contributed by atoms with E-state index in [2.05, 4.69) is 25.9 Å². The smallest absolute Gasteiger partial charge is 0.305 e. The average Bonchev–Trinajstić information content (AvgIpc) is 3.40. The average molecular weight is 627 g/mol. The summed E-state index contributed by atoms with van der Waals surface area (Å²) in [5, 5.41) is 16.0. The van der Waals surface area contributed by atoms with Gasteiger partial charge in [-0.25, -0.2) is 0 Å². The van der Waals surface area contributed by atoms with Crippen LogP contribution >= 0.6 is 0 Å². The van der Waals surface area contributed by atoms with Crippen LogP contribution in [0.4, 0.5) is 0 Å². The van der Waals surface area contributed by atoms with Crippen LogP contribution in [0, 0.1) is 0 Å². The van der Waals surface area contributed by atoms with Gasteiger partial charge >= 0.3 is 5.97 Å². The van der Waals surface area contributed by atoms with Gasteiger partial charge in [0.05, 0.1) is 6.42 Å². The van der Waals surface area contributed by atoms with Gasteiger partial charge in [-0.2, -0.15) is 0 Å². The number of likely N-dealkylation sites (tertiary alicyclic amines) is 1. The first kappa shape index (κ1) is 36.9. The zero-order valence-electron chi connectivity index (χ0n) is 24.2. The minimum Gasteiger partial charge on any atom is -0.481 e. The molecule has 0 spiro atoms. The zero-order chi connectivity index (χ0) is 33.4. The summed E-state index contributed by atoms with van der Waals surface area (Å²) in [5.41, 5.74) is 31.8. The number of carboxylic acids is 1. The second-order valence-corrected chi connectivity index (χ2v) is 9.97. The first-order valence-electron chi connectivity index (χ1n) is 13.7. The highest BCUT2D eigenvalue weighted by atomic mass is 16.4. The molecule has 20 nitrogen and oxygen atoms in total. The van der Waals surface area contributed by atoms with Gasteiger partial charge in [-0.3, -0.25) is 43.5 Å². The molecule has 6 amide bonds. The van der Waals surface area contributed by atoms with Crippen LogP contribution in [-0.2, 0) is 33.6 Å². The molecular weight excluding hydrogens is 584 g/mol. The van der Waals surface area contributed by atoms with E-state index in [4.69, 9.17) is 39.5 Å². The molecule has 1 fully saturated rings. The molecule has 0 bridgehead atoms. The van der Waals surface area contributed by atoms with E-state index in [-0.39, 0.29) is 57.2 Å². The van der Waals surface area contributed by atoms with Gasteiger partial charge in [0.25, 0.3) is 0 Å². The Balaban J connectivity index is 2.99. The number of nitrogens with two attached hydrogens (primary N) is 6. The summed E-state index contributed by atoms with van der Waals surface area (Å²) in [6.07, 6.45) is -0.193. The zero-order valence-corrected chi connectivity index (χ0v) is 24.2. The molecule has 0 radical (unpaired) electrons. The van der Waals surface area contributed by atoms with Gasteiger partial charge in [0, 0.05) is 19.6 Å². The number of amides is 6. The summed E-state index contributed by atoms with van der Waals surface area (Å²) in [4.78, 5) is 94.9. The number of guanidine groups is 2. The quantitative estimate of drug-likeness (QED) is 0.0277. The minimum absolute atomic E-state index is 0.0193. The lowest BCUT2D eigenvalue weighted by molar-refractivity contribution is -0.142. The van der Waals surface area contributed by atoms with Crippen molar-refractivity contribution in [1.82, 2.24) is 20.9 Å². The highest BCUT2D eigenvalue weighted by molar-refractivity contribution is 6.01. The second-order valence-electron chi connectivity index (χ2n) is 9.97. The summed E-state index contributed by atoms with van der Waals surface area (Å²) in [5.74, 6) is -6.79. The first-order chi connectivity index (χ1) is 20.6. The van der Waals surface area contributed by atoms with E-state index in [1.54, 1.807) is 0 Å². The van der Waals surface area contributed by atoms with E-state index in [9.17, 15) is 33.6 Å². The lowest BCUT2D eigenvalue weighted by Gasteiger charge is -2.29. The summed E-state index contributed by atoms with van der Waals surface area (Å²) in [7, 11) is 0. The SMILES string of the molecule is NC(=O)C(CC(=O)O)NC(=O)CC(=O)NC(CCCN=C(N)N)C(=O)N1CCCC1C(=O)NC(CCCN=C(N)N)C(N)=O. The van der Waals surface area contributed by atoms with Crippen molar-refractivity contribution in [2.45, 2.75) is 75.5 Å². The van der Waals surface area contributed by atoms with E-state index in [0.717, 1.165) is 0 Å². The largest absolute Gasteiger partial charge is 0.481 e. The van der Waals surface area contributed by atoms with Crippen molar-refractivity contribution in [2.75, 3.05) is 19.6 Å². The Morgan fingerprint density at radius 2 is 1.25 bits per heavy atom. The number of hydrogen-bond acceptors (Lipinski definition) is 9. The number of aliphatic imine (C=N–C) groups is 2. The van der Waals surface area contributed by atoms with Crippen molar-refractivity contribution >= 4 is 53.3 Å². The second kappa shape index (κ2) is 18.4. The molecule has 1 saturated heterocycles. The number of rotatable bonds is 19. The fourth-order valence-electron chi connectivity index (χ4n) is 4.36. The van der Waals surface area contributed by atoms with Crippen LogP contribution in [0.3, 0.4) is 0 Å². The highest BCUT2D eigenvalue weighted by Crippen LogP contribution is 2.20. The normalized spacial score (nSPS) is 16.0. The van der Waals surface area contributed by atoms with E-state index in [1.807, 2.05) is 0 Å². The van der Waals surface area contributed by atoms with E-state index in [1.165, 1.54) is 4.90 Å². The Morgan fingerprint density at radius 3 is 1.73 bits per heavy atom. The van der Waals surface area contributed by atoms with Gasteiger partial charge in [0.15, 0.2) is 11.9 Å². The van der Waals surface area contributed by atoms with Crippen molar-refractivity contribution in [3.63, 3.8) is 0 Å². The summed E-state index contributed by atoms with van der Waals surface area (Å²) in [6, 6.07) is -4.79. The molecular formula is C24H42N12O8. The van der Waals surface area contributed by atoms with Crippen LogP contribution < -0.4 is 50.4 Å². The van der Waals surface area contributed by atoms with Crippen LogP contribution in [0.1, 0.15) is 51.4 Å². The Kier molecular flexibility index (Phi) is 15.4. The van der Waals surface area contributed by atoms with Crippen LogP contribution in [0.2, 0.25) is 0 Å². The van der Waals surface area contributed by atoms with Crippen LogP contribution in [-0.4, -0.2) is 107 Å². The Morgan fingerprint density at radius 1 is 0.750 bits per heavy atom. The standard InChI is InChI=1S/C24H42N12O8/c25-19(41)12(4-1-7-31-23(27)28)35-21(43)15-6-3-9-36(15)22(44)13(5-2-8-32-24(29)30)33-16(37)11-17(38)34-14(20(26)42)10-18(39)40/h12-15H,1-11H2,(H2,25,41)(H2,26,42)(H,33,37)(H,34,38)(H,35,43)(H,39,40)(H4,27,28,31)(H4,29,30,32). The maximum Gasteiger partial charge on any atom is 0.305 e. The molecule has 44 heavy (non-hydrogen) atoms. The lowest BCUT2D eigenvalue weighted by atomic mass is 10.1. The summed E-state index contributed by atoms with van der Waals surface area (Å²) < 4.78 is 0. The molecule has 246 valence electrons. The third-order valence-corrected chi connectivity index (χ3v) is 6.40. The topological polar surface area (TPSA) is 360 Å². The molecule has 0 aromatic heterocycles. The van der Waals surface area contributed by atoms with Crippen molar-refractivity contribution in [3.8, 4) is 0 Å². The predicted molar refractivity (Wildman–Crippen MR) is 156 cm³/mol.